The Morgan fingerprint density at radius 3 is 2.08 bits per heavy atom. The van der Waals surface area contributed by atoms with E-state index in [1.807, 2.05) is 0 Å². The van der Waals surface area contributed by atoms with Crippen molar-refractivity contribution >= 4 is 11.9 Å². The Morgan fingerprint density at radius 1 is 1.00 bits per heavy atom. The van der Waals surface area contributed by atoms with E-state index in [1.165, 1.54) is 16.7 Å². The molecule has 0 radical (unpaired) electrons. The fraction of sp³-hybridized carbons (Fsp3) is 0.733. The van der Waals surface area contributed by atoms with E-state index in [0.717, 1.165) is 37.9 Å². The highest BCUT2D eigenvalue weighted by Gasteiger charge is 2.79. The van der Waals surface area contributed by atoms with E-state index in [-0.39, 0.29) is 11.8 Å². The second-order valence-electron chi connectivity index (χ2n) is 12.3. The lowest BCUT2D eigenvalue weighted by atomic mass is 9.64. The molecular formula is C30H45NO5. The van der Waals surface area contributed by atoms with Gasteiger partial charge in [-0.15, -0.1) is 0 Å². The van der Waals surface area contributed by atoms with Gasteiger partial charge in [0.05, 0.1) is 18.6 Å². The van der Waals surface area contributed by atoms with Gasteiger partial charge in [-0.25, -0.2) is 4.79 Å². The van der Waals surface area contributed by atoms with Gasteiger partial charge in [0.15, 0.2) is 5.60 Å². The fourth-order valence-electron chi connectivity index (χ4n) is 6.60. The molecule has 6 heteroatoms. The van der Waals surface area contributed by atoms with Crippen LogP contribution in [-0.2, 0) is 14.3 Å². The van der Waals surface area contributed by atoms with E-state index < -0.39 is 29.1 Å². The Hall–Kier alpha value is -2.08. The first-order valence-corrected chi connectivity index (χ1v) is 14.0. The molecule has 36 heavy (non-hydrogen) atoms. The first kappa shape index (κ1) is 27.0. The molecule has 0 spiro atoms. The summed E-state index contributed by atoms with van der Waals surface area (Å²) in [7, 11) is 0. The number of rotatable bonds is 9. The Morgan fingerprint density at radius 2 is 1.58 bits per heavy atom. The quantitative estimate of drug-likeness (QED) is 0.434. The summed E-state index contributed by atoms with van der Waals surface area (Å²) in [6.45, 7) is 15.3. The smallest absolute Gasteiger partial charge is 0.339 e. The van der Waals surface area contributed by atoms with Crippen molar-refractivity contribution < 1.29 is 24.2 Å². The van der Waals surface area contributed by atoms with E-state index in [0.29, 0.717) is 30.8 Å². The van der Waals surface area contributed by atoms with Crippen LogP contribution in [0.2, 0.25) is 0 Å². The number of benzene rings is 1. The summed E-state index contributed by atoms with van der Waals surface area (Å²) < 4.78 is 12.1. The largest absolute Gasteiger partial charge is 0.493 e. The second-order valence-corrected chi connectivity index (χ2v) is 12.3. The number of aliphatic hydroxyl groups excluding tert-OH is 1. The zero-order valence-electron chi connectivity index (χ0n) is 23.1. The van der Waals surface area contributed by atoms with E-state index >= 15 is 0 Å². The van der Waals surface area contributed by atoms with Gasteiger partial charge in [-0.05, 0) is 66.5 Å². The number of amides is 1. The minimum Gasteiger partial charge on any atom is -0.493 e. The number of fused-ring (bicyclic) bond motifs is 1. The zero-order valence-corrected chi connectivity index (χ0v) is 23.1. The van der Waals surface area contributed by atoms with Gasteiger partial charge in [-0.1, -0.05) is 72.9 Å². The molecule has 1 aromatic carbocycles. The van der Waals surface area contributed by atoms with Gasteiger partial charge >= 0.3 is 5.97 Å². The van der Waals surface area contributed by atoms with Gasteiger partial charge in [0, 0.05) is 0 Å². The van der Waals surface area contributed by atoms with Gasteiger partial charge in [0.2, 0.25) is 11.4 Å². The molecule has 1 saturated carbocycles. The molecule has 1 aliphatic carbocycles. The van der Waals surface area contributed by atoms with Gasteiger partial charge in [0.1, 0.15) is 5.75 Å². The average molecular weight is 500 g/mol. The molecule has 2 saturated heterocycles. The molecule has 3 fully saturated rings. The molecule has 2 N–H and O–H groups in total. The maximum atomic E-state index is 13.2. The lowest BCUT2D eigenvalue weighted by Crippen LogP contribution is -2.80. The Labute approximate surface area is 216 Å². The number of carbonyl (C=O) groups is 2. The van der Waals surface area contributed by atoms with Crippen LogP contribution in [0.5, 0.6) is 5.75 Å². The highest BCUT2D eigenvalue weighted by molar-refractivity contribution is 6.01. The van der Waals surface area contributed by atoms with E-state index in [9.17, 15) is 14.7 Å². The van der Waals surface area contributed by atoms with Crippen LogP contribution in [0, 0.1) is 11.8 Å². The molecular weight excluding hydrogens is 454 g/mol. The molecule has 3 aliphatic rings. The van der Waals surface area contributed by atoms with Crippen molar-refractivity contribution in [1.82, 2.24) is 5.32 Å². The number of esters is 1. The first-order valence-electron chi connectivity index (χ1n) is 14.0. The summed E-state index contributed by atoms with van der Waals surface area (Å²) >= 11 is 0. The van der Waals surface area contributed by atoms with Gasteiger partial charge in [-0.3, -0.25) is 4.79 Å². The number of carbonyl (C=O) groups excluding carboxylic acids is 2. The number of hydrogen-bond acceptors (Lipinski definition) is 5. The minimum absolute atomic E-state index is 0.00268. The lowest BCUT2D eigenvalue weighted by Gasteiger charge is -2.55. The summed E-state index contributed by atoms with van der Waals surface area (Å²) in [6, 6.07) is 4.50. The molecule has 0 aromatic heterocycles. The third-order valence-corrected chi connectivity index (χ3v) is 8.98. The topological polar surface area (TPSA) is 84.9 Å². The number of hydrogen-bond donors (Lipinski definition) is 2. The average Bonchev–Trinajstić information content (AvgIpc) is 3.01. The first-order chi connectivity index (χ1) is 16.9. The standard InChI is InChI=1S/C30H45NO5/c1-17(2)21-15-22(18(3)4)25(23(16-21)19(5)6)35-14-13-24-27(33)31-30(28(34)36-29(24,30)7)26(32)20-11-9-8-10-12-20/h15-20,24,26,32H,8-14H2,1-7H3,(H,31,33). The van der Waals surface area contributed by atoms with E-state index in [2.05, 4.69) is 59.0 Å². The van der Waals surface area contributed by atoms with Crippen molar-refractivity contribution in [3.05, 3.63) is 28.8 Å². The van der Waals surface area contributed by atoms with Crippen LogP contribution >= 0.6 is 0 Å². The summed E-state index contributed by atoms with van der Waals surface area (Å²) in [5.41, 5.74) is 1.26. The predicted molar refractivity (Wildman–Crippen MR) is 140 cm³/mol. The van der Waals surface area contributed by atoms with Crippen molar-refractivity contribution in [2.45, 2.75) is 122 Å². The van der Waals surface area contributed by atoms with Crippen LogP contribution < -0.4 is 10.1 Å². The second kappa shape index (κ2) is 10.00. The Bertz CT molecular complexity index is 966. The number of aliphatic hydroxyl groups is 1. The molecule has 200 valence electrons. The SMILES string of the molecule is CC(C)c1cc(C(C)C)c(OCCC2C(=O)NC3(C(O)C4CCCCC4)C(=O)OC23C)c(C(C)C)c1. The zero-order chi connectivity index (χ0) is 26.4. The lowest BCUT2D eigenvalue weighted by molar-refractivity contribution is -0.240. The van der Waals surface area contributed by atoms with Gasteiger partial charge in [0.25, 0.3) is 0 Å². The highest BCUT2D eigenvalue weighted by atomic mass is 16.6. The third-order valence-electron chi connectivity index (χ3n) is 8.98. The minimum atomic E-state index is -1.35. The van der Waals surface area contributed by atoms with E-state index in [4.69, 9.17) is 9.47 Å². The Kier molecular flexibility index (Phi) is 7.49. The van der Waals surface area contributed by atoms with Crippen LogP contribution in [0.1, 0.15) is 121 Å². The number of nitrogens with one attached hydrogen (secondary N) is 1. The fourth-order valence-corrected chi connectivity index (χ4v) is 6.60. The van der Waals surface area contributed by atoms with Crippen molar-refractivity contribution in [3.63, 3.8) is 0 Å². The maximum Gasteiger partial charge on any atom is 0.339 e. The molecule has 1 amide bonds. The van der Waals surface area contributed by atoms with Crippen molar-refractivity contribution in [3.8, 4) is 5.75 Å². The van der Waals surface area contributed by atoms with Gasteiger partial charge < -0.3 is 19.9 Å². The van der Waals surface area contributed by atoms with E-state index in [1.54, 1.807) is 6.92 Å². The number of ether oxygens (including phenoxy) is 2. The third kappa shape index (κ3) is 4.23. The van der Waals surface area contributed by atoms with Crippen molar-refractivity contribution in [2.75, 3.05) is 6.61 Å². The molecule has 4 rings (SSSR count). The maximum absolute atomic E-state index is 13.2. The molecule has 0 bridgehead atoms. The van der Waals surface area contributed by atoms with Crippen LogP contribution in [0.3, 0.4) is 0 Å². The predicted octanol–water partition coefficient (Wildman–Crippen LogP) is 5.57. The van der Waals surface area contributed by atoms with Crippen LogP contribution in [-0.4, -0.2) is 40.8 Å². The Balaban J connectivity index is 1.54. The summed E-state index contributed by atoms with van der Waals surface area (Å²) in [4.78, 5) is 26.0. The highest BCUT2D eigenvalue weighted by Crippen LogP contribution is 2.54. The van der Waals surface area contributed by atoms with Gasteiger partial charge in [-0.2, -0.15) is 0 Å². The van der Waals surface area contributed by atoms with Crippen molar-refractivity contribution in [1.29, 1.82) is 0 Å². The summed E-state index contributed by atoms with van der Waals surface area (Å²) in [5.74, 6) is 0.638. The summed E-state index contributed by atoms with van der Waals surface area (Å²) in [5, 5.41) is 14.3. The monoisotopic (exact) mass is 499 g/mol. The van der Waals surface area contributed by atoms with Crippen molar-refractivity contribution in [2.24, 2.45) is 11.8 Å². The molecule has 4 atom stereocenters. The van der Waals surface area contributed by atoms with Crippen LogP contribution in [0.4, 0.5) is 0 Å². The molecule has 2 aliphatic heterocycles. The molecule has 6 nitrogen and oxygen atoms in total. The summed E-state index contributed by atoms with van der Waals surface area (Å²) in [6.07, 6.45) is 4.47. The van der Waals surface area contributed by atoms with Crippen LogP contribution in [0.15, 0.2) is 12.1 Å². The molecule has 1 aromatic rings. The normalized spacial score (nSPS) is 29.2. The van der Waals surface area contributed by atoms with Crippen LogP contribution in [0.25, 0.3) is 0 Å². The molecule has 2 heterocycles. The molecule has 4 unspecified atom stereocenters.